The molecule has 4 rings (SSSR count). The van der Waals surface area contributed by atoms with Crippen molar-refractivity contribution in [2.45, 2.75) is 38.5 Å². The summed E-state index contributed by atoms with van der Waals surface area (Å²) in [4.78, 5) is 23.4. The van der Waals surface area contributed by atoms with Crippen molar-refractivity contribution in [3.8, 4) is 11.4 Å². The van der Waals surface area contributed by atoms with Crippen molar-refractivity contribution in [3.05, 3.63) is 42.0 Å². The first-order valence-electron chi connectivity index (χ1n) is 9.38. The van der Waals surface area contributed by atoms with Crippen LogP contribution in [0, 0.1) is 0 Å². The number of hydrogen-bond donors (Lipinski definition) is 1. The fourth-order valence-electron chi connectivity index (χ4n) is 3.16. The van der Waals surface area contributed by atoms with Crippen LogP contribution in [0.4, 0.5) is 9.93 Å². The first-order valence-corrected chi connectivity index (χ1v) is 10.2. The van der Waals surface area contributed by atoms with Gasteiger partial charge in [0.05, 0.1) is 5.92 Å². The minimum atomic E-state index is -0.177. The fraction of sp³-hybridized carbons (Fsp3) is 0.421. The van der Waals surface area contributed by atoms with Gasteiger partial charge in [0.2, 0.25) is 11.0 Å². The Labute approximate surface area is 167 Å². The normalized spacial score (nSPS) is 17.1. The Balaban J connectivity index is 1.40. The highest BCUT2D eigenvalue weighted by Crippen LogP contribution is 2.27. The number of hydrogen-bond acceptors (Lipinski definition) is 7. The molecule has 1 atom stereocenters. The van der Waals surface area contributed by atoms with E-state index in [4.69, 9.17) is 4.52 Å². The summed E-state index contributed by atoms with van der Waals surface area (Å²) in [5.74, 6) is 2.22. The van der Waals surface area contributed by atoms with E-state index in [0.29, 0.717) is 35.8 Å². The molecule has 2 aromatic heterocycles. The highest BCUT2D eigenvalue weighted by Gasteiger charge is 2.29. The van der Waals surface area contributed by atoms with Crippen LogP contribution < -0.4 is 5.32 Å². The van der Waals surface area contributed by atoms with Gasteiger partial charge < -0.3 is 9.42 Å². The lowest BCUT2D eigenvalue weighted by Crippen LogP contribution is -2.41. The lowest BCUT2D eigenvalue weighted by atomic mass is 9.98. The van der Waals surface area contributed by atoms with Crippen LogP contribution in [0.25, 0.3) is 11.4 Å². The van der Waals surface area contributed by atoms with Crippen LogP contribution in [0.15, 0.2) is 34.9 Å². The molecule has 1 saturated heterocycles. The lowest BCUT2D eigenvalue weighted by Gasteiger charge is -2.30. The maximum Gasteiger partial charge on any atom is 0.323 e. The topological polar surface area (TPSA) is 97.0 Å². The van der Waals surface area contributed by atoms with Gasteiger partial charge in [-0.1, -0.05) is 49.3 Å². The second-order valence-corrected chi connectivity index (χ2v) is 7.90. The van der Waals surface area contributed by atoms with E-state index in [1.165, 1.54) is 11.5 Å². The first-order chi connectivity index (χ1) is 13.6. The molecule has 1 N–H and O–H groups in total. The number of carbonyl (C=O) groups is 1. The van der Waals surface area contributed by atoms with Crippen LogP contribution in [0.5, 0.6) is 0 Å². The molecule has 1 aliphatic rings. The molecule has 2 amide bonds. The van der Waals surface area contributed by atoms with Crippen LogP contribution >= 0.6 is 11.5 Å². The van der Waals surface area contributed by atoms with E-state index in [1.807, 2.05) is 44.2 Å². The second-order valence-electron chi connectivity index (χ2n) is 7.15. The van der Waals surface area contributed by atoms with Gasteiger partial charge in [-0.2, -0.15) is 14.3 Å². The Morgan fingerprint density at radius 2 is 2.11 bits per heavy atom. The molecule has 3 heterocycles. The van der Waals surface area contributed by atoms with Gasteiger partial charge in [0, 0.05) is 36.1 Å². The van der Waals surface area contributed by atoms with Crippen molar-refractivity contribution >= 4 is 22.7 Å². The highest BCUT2D eigenvalue weighted by atomic mass is 32.1. The predicted octanol–water partition coefficient (Wildman–Crippen LogP) is 4.12. The molecule has 1 aliphatic heterocycles. The number of aromatic nitrogens is 4. The lowest BCUT2D eigenvalue weighted by molar-refractivity contribution is 0.184. The monoisotopic (exact) mass is 398 g/mol. The van der Waals surface area contributed by atoms with Crippen LogP contribution in [-0.4, -0.2) is 43.5 Å². The van der Waals surface area contributed by atoms with Crippen molar-refractivity contribution < 1.29 is 9.32 Å². The third-order valence-electron chi connectivity index (χ3n) is 4.70. The summed E-state index contributed by atoms with van der Waals surface area (Å²) in [6.45, 7) is 5.30. The van der Waals surface area contributed by atoms with Crippen LogP contribution in [0.1, 0.15) is 50.2 Å². The molecule has 28 heavy (non-hydrogen) atoms. The van der Waals surface area contributed by atoms with Crippen molar-refractivity contribution in [3.63, 3.8) is 0 Å². The Kier molecular flexibility index (Phi) is 5.34. The highest BCUT2D eigenvalue weighted by molar-refractivity contribution is 7.10. The summed E-state index contributed by atoms with van der Waals surface area (Å²) in [5.41, 5.74) is 0.926. The number of rotatable bonds is 4. The molecule has 0 bridgehead atoms. The van der Waals surface area contributed by atoms with E-state index in [-0.39, 0.29) is 17.9 Å². The molecule has 1 aromatic carbocycles. The van der Waals surface area contributed by atoms with Gasteiger partial charge in [0.1, 0.15) is 0 Å². The summed E-state index contributed by atoms with van der Waals surface area (Å²) in [6, 6.07) is 9.52. The maximum absolute atomic E-state index is 12.7. The molecule has 9 heteroatoms. The molecule has 3 aromatic rings. The molecule has 0 aliphatic carbocycles. The third kappa shape index (κ3) is 4.04. The summed E-state index contributed by atoms with van der Waals surface area (Å²) in [6.07, 6.45) is 1.82. The Bertz CT molecular complexity index is 939. The zero-order chi connectivity index (χ0) is 19.5. The number of anilines is 1. The molecule has 0 unspecified atom stereocenters. The summed E-state index contributed by atoms with van der Waals surface area (Å²) >= 11 is 1.18. The number of piperidine rings is 1. The van der Waals surface area contributed by atoms with Gasteiger partial charge in [-0.3, -0.25) is 5.32 Å². The molecular formula is C19H22N6O2S. The minimum Gasteiger partial charge on any atom is -0.339 e. The van der Waals surface area contributed by atoms with E-state index in [2.05, 4.69) is 24.8 Å². The summed E-state index contributed by atoms with van der Waals surface area (Å²) < 4.78 is 9.75. The number of likely N-dealkylation sites (tertiary alicyclic amines) is 1. The van der Waals surface area contributed by atoms with Gasteiger partial charge in [0.25, 0.3) is 0 Å². The van der Waals surface area contributed by atoms with Crippen LogP contribution in [0.2, 0.25) is 0 Å². The number of urea groups is 1. The average Bonchev–Trinajstić information content (AvgIpc) is 3.39. The average molecular weight is 398 g/mol. The molecule has 0 radical (unpaired) electrons. The quantitative estimate of drug-likeness (QED) is 0.710. The standard InChI is InChI=1S/C19H22N6O2S/c1-12(2)15-20-17(27-23-15)14-9-6-10-25(11-14)19(26)22-18-21-16(24-28-18)13-7-4-3-5-8-13/h3-5,7-8,12,14H,6,9-11H2,1-2H3,(H,21,22,24,26)/t14-/m1/s1. The number of carbonyl (C=O) groups excluding carboxylic acids is 1. The number of nitrogens with zero attached hydrogens (tertiary/aromatic N) is 5. The number of amides is 2. The largest absolute Gasteiger partial charge is 0.339 e. The summed E-state index contributed by atoms with van der Waals surface area (Å²) in [7, 11) is 0. The maximum atomic E-state index is 12.7. The summed E-state index contributed by atoms with van der Waals surface area (Å²) in [5, 5.41) is 7.39. The molecule has 146 valence electrons. The second kappa shape index (κ2) is 8.05. The van der Waals surface area contributed by atoms with E-state index in [0.717, 1.165) is 18.4 Å². The SMILES string of the molecule is CC(C)c1noc([C@@H]2CCCN(C(=O)Nc3nc(-c4ccccc4)ns3)C2)n1. The van der Waals surface area contributed by atoms with Crippen molar-refractivity contribution in [1.29, 1.82) is 0 Å². The zero-order valence-electron chi connectivity index (χ0n) is 15.8. The smallest absolute Gasteiger partial charge is 0.323 e. The van der Waals surface area contributed by atoms with Gasteiger partial charge >= 0.3 is 6.03 Å². The van der Waals surface area contributed by atoms with Gasteiger partial charge in [-0.15, -0.1) is 0 Å². The zero-order valence-corrected chi connectivity index (χ0v) is 16.6. The predicted molar refractivity (Wildman–Crippen MR) is 106 cm³/mol. The molecule has 0 saturated carbocycles. The van der Waals surface area contributed by atoms with Crippen molar-refractivity contribution in [1.82, 2.24) is 24.4 Å². The molecule has 1 fully saturated rings. The van der Waals surface area contributed by atoms with E-state index in [9.17, 15) is 4.79 Å². The van der Waals surface area contributed by atoms with Crippen LogP contribution in [0.3, 0.4) is 0 Å². The Hall–Kier alpha value is -2.81. The molecular weight excluding hydrogens is 376 g/mol. The van der Waals surface area contributed by atoms with Crippen molar-refractivity contribution in [2.24, 2.45) is 0 Å². The van der Waals surface area contributed by atoms with Gasteiger partial charge in [-0.25, -0.2) is 4.79 Å². The van der Waals surface area contributed by atoms with Crippen LogP contribution in [-0.2, 0) is 0 Å². The minimum absolute atomic E-state index is 0.0637. The van der Waals surface area contributed by atoms with Gasteiger partial charge in [0.15, 0.2) is 11.6 Å². The van der Waals surface area contributed by atoms with E-state index >= 15 is 0 Å². The molecule has 8 nitrogen and oxygen atoms in total. The number of benzene rings is 1. The molecule has 0 spiro atoms. The fourth-order valence-corrected chi connectivity index (χ4v) is 3.74. The Morgan fingerprint density at radius 3 is 2.86 bits per heavy atom. The van der Waals surface area contributed by atoms with E-state index in [1.54, 1.807) is 4.90 Å². The van der Waals surface area contributed by atoms with Crippen molar-refractivity contribution in [2.75, 3.05) is 18.4 Å². The van der Waals surface area contributed by atoms with E-state index < -0.39 is 0 Å². The third-order valence-corrected chi connectivity index (χ3v) is 5.33. The Morgan fingerprint density at radius 1 is 1.29 bits per heavy atom. The van der Waals surface area contributed by atoms with Gasteiger partial charge in [-0.05, 0) is 12.8 Å². The first kappa shape index (κ1) is 18.5. The number of nitrogens with one attached hydrogen (secondary N) is 1.